The van der Waals surface area contributed by atoms with Gasteiger partial charge >= 0.3 is 5.97 Å². The second kappa shape index (κ2) is 7.66. The number of nitrogens with zero attached hydrogens (tertiary/aromatic N) is 1. The lowest BCUT2D eigenvalue weighted by molar-refractivity contribution is -0.154. The third kappa shape index (κ3) is 4.00. The molecule has 1 rings (SSSR count). The second-order valence-electron chi connectivity index (χ2n) is 3.89. The monoisotopic (exact) mass is 252 g/mol. The summed E-state index contributed by atoms with van der Waals surface area (Å²) in [5.41, 5.74) is 0. The number of nitrogens with one attached hydrogen (secondary N) is 1. The third-order valence-corrected chi connectivity index (χ3v) is 2.63. The first-order chi connectivity index (χ1) is 8.70. The van der Waals surface area contributed by atoms with E-state index in [9.17, 15) is 9.59 Å². The van der Waals surface area contributed by atoms with Crippen LogP contribution in [0.3, 0.4) is 0 Å². The van der Waals surface area contributed by atoms with Crippen LogP contribution in [-0.4, -0.2) is 49.1 Å². The zero-order valence-electron chi connectivity index (χ0n) is 10.9. The van der Waals surface area contributed by atoms with Gasteiger partial charge in [-0.3, -0.25) is 4.79 Å². The highest BCUT2D eigenvalue weighted by Crippen LogP contribution is 2.07. The molecule has 0 aromatic heterocycles. The fraction of sp³-hybridized carbons (Fsp3) is 0.538. The molecule has 1 fully saturated rings. The van der Waals surface area contributed by atoms with Gasteiger partial charge in [-0.05, 0) is 13.8 Å². The summed E-state index contributed by atoms with van der Waals surface area (Å²) in [4.78, 5) is 25.3. The zero-order valence-corrected chi connectivity index (χ0v) is 10.9. The van der Waals surface area contributed by atoms with Crippen molar-refractivity contribution in [1.82, 2.24) is 10.2 Å². The van der Waals surface area contributed by atoms with E-state index in [2.05, 4.69) is 5.32 Å². The van der Waals surface area contributed by atoms with Crippen molar-refractivity contribution in [3.05, 3.63) is 24.3 Å². The molecule has 0 spiro atoms. The van der Waals surface area contributed by atoms with Crippen molar-refractivity contribution < 1.29 is 14.3 Å². The Morgan fingerprint density at radius 3 is 2.89 bits per heavy atom. The molecule has 0 aromatic carbocycles. The van der Waals surface area contributed by atoms with E-state index in [1.54, 1.807) is 24.0 Å². The fourth-order valence-electron chi connectivity index (χ4n) is 1.76. The third-order valence-electron chi connectivity index (χ3n) is 2.63. The Labute approximate surface area is 107 Å². The van der Waals surface area contributed by atoms with Crippen molar-refractivity contribution in [3.8, 4) is 0 Å². The van der Waals surface area contributed by atoms with Crippen LogP contribution >= 0.6 is 0 Å². The summed E-state index contributed by atoms with van der Waals surface area (Å²) >= 11 is 0. The number of hydrogen-bond acceptors (Lipinski definition) is 4. The Bertz CT molecular complexity index is 350. The maximum atomic E-state index is 12.0. The molecule has 1 aliphatic heterocycles. The van der Waals surface area contributed by atoms with Crippen LogP contribution in [0.15, 0.2) is 24.3 Å². The Morgan fingerprint density at radius 2 is 2.22 bits per heavy atom. The Balaban J connectivity index is 2.69. The molecule has 18 heavy (non-hydrogen) atoms. The van der Waals surface area contributed by atoms with Crippen molar-refractivity contribution in [3.63, 3.8) is 0 Å². The second-order valence-corrected chi connectivity index (χ2v) is 3.89. The minimum absolute atomic E-state index is 0.160. The van der Waals surface area contributed by atoms with Gasteiger partial charge in [0.25, 0.3) is 0 Å². The van der Waals surface area contributed by atoms with Crippen LogP contribution in [0.4, 0.5) is 0 Å². The first-order valence-corrected chi connectivity index (χ1v) is 6.18. The summed E-state index contributed by atoms with van der Waals surface area (Å²) in [7, 11) is 0. The van der Waals surface area contributed by atoms with Crippen LogP contribution in [-0.2, 0) is 14.3 Å². The lowest BCUT2D eigenvalue weighted by Crippen LogP contribution is -2.57. The molecule has 100 valence electrons. The van der Waals surface area contributed by atoms with Gasteiger partial charge in [-0.15, -0.1) is 0 Å². The number of carbonyl (C=O) groups is 2. The molecular weight excluding hydrogens is 232 g/mol. The molecule has 0 saturated carbocycles. The average Bonchev–Trinajstić information content (AvgIpc) is 2.39. The number of piperazine rings is 1. The minimum Gasteiger partial charge on any atom is -0.464 e. The molecule has 1 atom stereocenters. The quantitative estimate of drug-likeness (QED) is 0.449. The molecule has 1 unspecified atom stereocenters. The Kier molecular flexibility index (Phi) is 6.14. The van der Waals surface area contributed by atoms with Gasteiger partial charge in [0.1, 0.15) is 6.04 Å². The molecule has 0 aromatic rings. The van der Waals surface area contributed by atoms with Crippen LogP contribution < -0.4 is 5.32 Å². The van der Waals surface area contributed by atoms with Gasteiger partial charge in [0, 0.05) is 25.7 Å². The topological polar surface area (TPSA) is 58.6 Å². The number of esters is 1. The van der Waals surface area contributed by atoms with E-state index in [1.807, 2.05) is 13.0 Å². The van der Waals surface area contributed by atoms with Gasteiger partial charge < -0.3 is 15.0 Å². The number of allylic oxidation sites excluding steroid dienone is 3. The van der Waals surface area contributed by atoms with Gasteiger partial charge in [-0.2, -0.15) is 0 Å². The summed E-state index contributed by atoms with van der Waals surface area (Å²) in [6.45, 7) is 5.61. The van der Waals surface area contributed by atoms with Crippen LogP contribution in [0.1, 0.15) is 13.8 Å². The Hall–Kier alpha value is -1.62. The summed E-state index contributed by atoms with van der Waals surface area (Å²) in [6.07, 6.45) is 6.76. The van der Waals surface area contributed by atoms with E-state index < -0.39 is 6.04 Å². The summed E-state index contributed by atoms with van der Waals surface area (Å²) in [5, 5.41) is 3.09. The van der Waals surface area contributed by atoms with Crippen LogP contribution in [0.25, 0.3) is 0 Å². The van der Waals surface area contributed by atoms with Crippen molar-refractivity contribution in [2.45, 2.75) is 19.9 Å². The maximum Gasteiger partial charge on any atom is 0.330 e. The first kappa shape index (κ1) is 14.4. The Morgan fingerprint density at radius 1 is 1.44 bits per heavy atom. The van der Waals surface area contributed by atoms with Crippen molar-refractivity contribution >= 4 is 11.9 Å². The molecule has 1 amide bonds. The predicted octanol–water partition coefficient (Wildman–Crippen LogP) is 0.482. The lowest BCUT2D eigenvalue weighted by Gasteiger charge is -2.33. The van der Waals surface area contributed by atoms with Gasteiger partial charge in [-0.25, -0.2) is 4.79 Å². The molecule has 5 nitrogen and oxygen atoms in total. The molecule has 1 N–H and O–H groups in total. The van der Waals surface area contributed by atoms with E-state index in [0.717, 1.165) is 0 Å². The van der Waals surface area contributed by atoms with Gasteiger partial charge in [0.05, 0.1) is 6.61 Å². The maximum absolute atomic E-state index is 12.0. The largest absolute Gasteiger partial charge is 0.464 e. The minimum atomic E-state index is -0.526. The highest BCUT2D eigenvalue weighted by Gasteiger charge is 2.31. The zero-order chi connectivity index (χ0) is 13.4. The summed E-state index contributed by atoms with van der Waals surface area (Å²) < 4.78 is 4.98. The first-order valence-electron chi connectivity index (χ1n) is 6.18. The van der Waals surface area contributed by atoms with Gasteiger partial charge in [0.2, 0.25) is 5.91 Å². The molecule has 0 radical (unpaired) electrons. The number of carbonyl (C=O) groups excluding carboxylic acids is 2. The molecular formula is C13H20N2O3. The number of ether oxygens (including phenoxy) is 1. The van der Waals surface area contributed by atoms with E-state index in [0.29, 0.717) is 26.2 Å². The van der Waals surface area contributed by atoms with E-state index >= 15 is 0 Å². The van der Waals surface area contributed by atoms with E-state index in [-0.39, 0.29) is 11.9 Å². The highest BCUT2D eigenvalue weighted by molar-refractivity contribution is 5.92. The smallest absolute Gasteiger partial charge is 0.330 e. The molecule has 1 aliphatic rings. The van der Waals surface area contributed by atoms with Crippen LogP contribution in [0.2, 0.25) is 0 Å². The standard InChI is InChI=1S/C13H20N2O3/c1-3-5-6-7-12(16)15-9-8-14-10-11(15)13(17)18-4-2/h3,5-7,11,14H,4,8-10H2,1-2H3. The number of hydrogen-bond donors (Lipinski definition) is 1. The van der Waals surface area contributed by atoms with Crippen molar-refractivity contribution in [1.29, 1.82) is 0 Å². The summed E-state index contributed by atoms with van der Waals surface area (Å²) in [5.74, 6) is -0.509. The average molecular weight is 252 g/mol. The molecule has 0 aliphatic carbocycles. The van der Waals surface area contributed by atoms with E-state index in [1.165, 1.54) is 6.08 Å². The lowest BCUT2D eigenvalue weighted by atomic mass is 10.2. The summed E-state index contributed by atoms with van der Waals surface area (Å²) in [6, 6.07) is -0.526. The molecule has 5 heteroatoms. The van der Waals surface area contributed by atoms with Gasteiger partial charge in [0.15, 0.2) is 0 Å². The number of rotatable bonds is 4. The fourth-order valence-corrected chi connectivity index (χ4v) is 1.76. The van der Waals surface area contributed by atoms with Crippen LogP contribution in [0, 0.1) is 0 Å². The normalized spacial score (nSPS) is 20.6. The SMILES string of the molecule is CC=CC=CC(=O)N1CCNCC1C(=O)OCC. The van der Waals surface area contributed by atoms with Crippen LogP contribution in [0.5, 0.6) is 0 Å². The predicted molar refractivity (Wildman–Crippen MR) is 69.0 cm³/mol. The molecule has 1 heterocycles. The highest BCUT2D eigenvalue weighted by atomic mass is 16.5. The van der Waals surface area contributed by atoms with Crippen molar-refractivity contribution in [2.75, 3.05) is 26.2 Å². The van der Waals surface area contributed by atoms with E-state index in [4.69, 9.17) is 4.74 Å². The molecule has 0 bridgehead atoms. The van der Waals surface area contributed by atoms with Gasteiger partial charge in [-0.1, -0.05) is 18.2 Å². The molecule has 1 saturated heterocycles. The number of amides is 1. The van der Waals surface area contributed by atoms with Crippen molar-refractivity contribution in [2.24, 2.45) is 0 Å².